The first-order valence-electron chi connectivity index (χ1n) is 8.51. The Morgan fingerprint density at radius 1 is 1.04 bits per heavy atom. The Morgan fingerprint density at radius 2 is 1.75 bits per heavy atom. The highest BCUT2D eigenvalue weighted by Crippen LogP contribution is 2.36. The molecule has 130 valence electrons. The van der Waals surface area contributed by atoms with Gasteiger partial charge in [0.25, 0.3) is 0 Å². The number of hydrogen-bond acceptors (Lipinski definition) is 2. The van der Waals surface area contributed by atoms with Gasteiger partial charge in [0.05, 0.1) is 15.0 Å². The van der Waals surface area contributed by atoms with Gasteiger partial charge in [0.1, 0.15) is 5.69 Å². The lowest BCUT2D eigenvalue weighted by Gasteiger charge is -2.08. The number of nitrogens with zero attached hydrogens (tertiary/aromatic N) is 2. The van der Waals surface area contributed by atoms with Gasteiger partial charge in [-0.1, -0.05) is 78.2 Å². The molecule has 24 heavy (non-hydrogen) atoms. The first-order valence-corrected chi connectivity index (χ1v) is 10.5. The average molecular weight is 475 g/mol. The van der Waals surface area contributed by atoms with Crippen LogP contribution < -0.4 is 0 Å². The van der Waals surface area contributed by atoms with Crippen molar-refractivity contribution in [1.82, 2.24) is 10.2 Å². The number of aromatic nitrogens is 2. The van der Waals surface area contributed by atoms with Gasteiger partial charge in [-0.2, -0.15) is 0 Å². The molecular formula is C19H23Br2ClN2. The summed E-state index contributed by atoms with van der Waals surface area (Å²) in [6.07, 6.45) is 8.66. The van der Waals surface area contributed by atoms with Crippen molar-refractivity contribution in [3.05, 3.63) is 39.0 Å². The third-order valence-corrected chi connectivity index (χ3v) is 6.61. The van der Waals surface area contributed by atoms with E-state index in [2.05, 4.69) is 62.0 Å². The van der Waals surface area contributed by atoms with Gasteiger partial charge in [-0.25, -0.2) is 0 Å². The van der Waals surface area contributed by atoms with E-state index in [9.17, 15) is 0 Å². The monoisotopic (exact) mass is 472 g/mol. The molecule has 0 aliphatic rings. The third kappa shape index (κ3) is 5.27. The Labute approximate surface area is 166 Å². The molecule has 0 spiro atoms. The zero-order valence-corrected chi connectivity index (χ0v) is 18.1. The van der Waals surface area contributed by atoms with Crippen LogP contribution in [-0.2, 0) is 0 Å². The molecular weight excluding hydrogens is 451 g/mol. The standard InChI is InChI=1S/C19H23Br2ClN2/c1-3-4-5-6-7-8-9-15(20)17(21)19-18(22)14-12-13(2)10-11-16(14)23-24-19/h10-12H,3-9H2,1-2H3. The topological polar surface area (TPSA) is 25.8 Å². The Bertz CT molecular complexity index is 729. The third-order valence-electron chi connectivity index (χ3n) is 4.05. The van der Waals surface area contributed by atoms with Gasteiger partial charge in [0, 0.05) is 9.87 Å². The van der Waals surface area contributed by atoms with Crippen molar-refractivity contribution in [2.45, 2.75) is 58.8 Å². The van der Waals surface area contributed by atoms with Gasteiger partial charge >= 0.3 is 0 Å². The quantitative estimate of drug-likeness (QED) is 0.365. The van der Waals surface area contributed by atoms with Crippen molar-refractivity contribution in [3.8, 4) is 0 Å². The summed E-state index contributed by atoms with van der Waals surface area (Å²) >= 11 is 13.9. The summed E-state index contributed by atoms with van der Waals surface area (Å²) in [5, 5.41) is 10.2. The predicted molar refractivity (Wildman–Crippen MR) is 112 cm³/mol. The van der Waals surface area contributed by atoms with Gasteiger partial charge in [-0.05, 0) is 47.8 Å². The van der Waals surface area contributed by atoms with E-state index in [0.29, 0.717) is 10.7 Å². The molecule has 0 amide bonds. The summed E-state index contributed by atoms with van der Waals surface area (Å²) < 4.78 is 2.00. The van der Waals surface area contributed by atoms with Crippen molar-refractivity contribution < 1.29 is 0 Å². The van der Waals surface area contributed by atoms with E-state index in [1.165, 1.54) is 32.1 Å². The number of allylic oxidation sites excluding steroid dienone is 1. The summed E-state index contributed by atoms with van der Waals surface area (Å²) in [7, 11) is 0. The number of rotatable bonds is 8. The number of fused-ring (bicyclic) bond motifs is 1. The number of unbranched alkanes of at least 4 members (excludes halogenated alkanes) is 5. The Morgan fingerprint density at radius 3 is 2.50 bits per heavy atom. The summed E-state index contributed by atoms with van der Waals surface area (Å²) in [6.45, 7) is 4.29. The maximum Gasteiger partial charge on any atom is 0.120 e. The molecule has 2 aromatic rings. The van der Waals surface area contributed by atoms with E-state index >= 15 is 0 Å². The van der Waals surface area contributed by atoms with E-state index in [4.69, 9.17) is 11.6 Å². The van der Waals surface area contributed by atoms with Gasteiger partial charge in [-0.15, -0.1) is 10.2 Å². The zero-order valence-electron chi connectivity index (χ0n) is 14.2. The van der Waals surface area contributed by atoms with E-state index in [1.54, 1.807) is 0 Å². The van der Waals surface area contributed by atoms with Crippen LogP contribution in [0.2, 0.25) is 5.02 Å². The Kier molecular flexibility index (Phi) is 8.18. The molecule has 5 heteroatoms. The van der Waals surface area contributed by atoms with Crippen LogP contribution in [0.3, 0.4) is 0 Å². The van der Waals surface area contributed by atoms with Crippen LogP contribution in [0.5, 0.6) is 0 Å². The van der Waals surface area contributed by atoms with Gasteiger partial charge in [0.15, 0.2) is 0 Å². The fourth-order valence-corrected chi connectivity index (χ4v) is 3.97. The molecule has 2 nitrogen and oxygen atoms in total. The molecule has 1 heterocycles. The summed E-state index contributed by atoms with van der Waals surface area (Å²) in [5.74, 6) is 0. The largest absolute Gasteiger partial charge is 0.150 e. The Balaban J connectivity index is 2.11. The second kappa shape index (κ2) is 9.88. The second-order valence-electron chi connectivity index (χ2n) is 6.12. The molecule has 0 unspecified atom stereocenters. The van der Waals surface area contributed by atoms with Gasteiger partial charge < -0.3 is 0 Å². The van der Waals surface area contributed by atoms with Crippen molar-refractivity contribution in [2.75, 3.05) is 0 Å². The molecule has 0 saturated carbocycles. The highest BCUT2D eigenvalue weighted by atomic mass is 79.9. The maximum absolute atomic E-state index is 6.58. The van der Waals surface area contributed by atoms with Crippen LogP contribution in [0.25, 0.3) is 15.4 Å². The molecule has 0 atom stereocenters. The highest BCUT2D eigenvalue weighted by Gasteiger charge is 2.14. The molecule has 0 N–H and O–H groups in total. The minimum atomic E-state index is 0.649. The van der Waals surface area contributed by atoms with Crippen molar-refractivity contribution in [1.29, 1.82) is 0 Å². The SMILES string of the molecule is CCCCCCCCC(Br)=C(Br)c1nnc2ccc(C)cc2c1Cl. The first-order chi connectivity index (χ1) is 11.5. The number of aryl methyl sites for hydroxylation is 1. The Hall–Kier alpha value is -0.450. The first kappa shape index (κ1) is 19.9. The summed E-state index contributed by atoms with van der Waals surface area (Å²) in [6, 6.07) is 6.03. The minimum absolute atomic E-state index is 0.649. The molecule has 0 saturated heterocycles. The highest BCUT2D eigenvalue weighted by molar-refractivity contribution is 9.16. The molecule has 0 bridgehead atoms. The van der Waals surface area contributed by atoms with Crippen molar-refractivity contribution >= 4 is 58.8 Å². The fourth-order valence-electron chi connectivity index (χ4n) is 2.63. The molecule has 1 aromatic heterocycles. The predicted octanol–water partition coefficient (Wildman–Crippen LogP) is 7.80. The van der Waals surface area contributed by atoms with Gasteiger partial charge in [-0.3, -0.25) is 0 Å². The van der Waals surface area contributed by atoms with Crippen LogP contribution in [0.1, 0.15) is 63.1 Å². The normalized spacial score (nSPS) is 12.5. The molecule has 0 aliphatic carbocycles. The number of halogens is 3. The van der Waals surface area contributed by atoms with Crippen LogP contribution in [0.4, 0.5) is 0 Å². The minimum Gasteiger partial charge on any atom is -0.150 e. The van der Waals surface area contributed by atoms with Crippen molar-refractivity contribution in [2.24, 2.45) is 0 Å². The second-order valence-corrected chi connectivity index (χ2v) is 8.25. The van der Waals surface area contributed by atoms with Gasteiger partial charge in [0.2, 0.25) is 0 Å². The van der Waals surface area contributed by atoms with E-state index in [-0.39, 0.29) is 0 Å². The maximum atomic E-state index is 6.58. The smallest absolute Gasteiger partial charge is 0.120 e. The summed E-state index contributed by atoms with van der Waals surface area (Å²) in [4.78, 5) is 0. The number of hydrogen-bond donors (Lipinski definition) is 0. The molecule has 0 aliphatic heterocycles. The fraction of sp³-hybridized carbons (Fsp3) is 0.474. The lowest BCUT2D eigenvalue weighted by atomic mass is 10.1. The van der Waals surface area contributed by atoms with E-state index < -0.39 is 0 Å². The van der Waals surface area contributed by atoms with Crippen LogP contribution in [-0.4, -0.2) is 10.2 Å². The van der Waals surface area contributed by atoms with E-state index in [0.717, 1.165) is 38.3 Å². The summed E-state index contributed by atoms with van der Waals surface area (Å²) in [5.41, 5.74) is 2.68. The van der Waals surface area contributed by atoms with E-state index in [1.807, 2.05) is 12.1 Å². The molecule has 0 fully saturated rings. The number of benzene rings is 1. The van der Waals surface area contributed by atoms with Crippen LogP contribution in [0.15, 0.2) is 22.7 Å². The van der Waals surface area contributed by atoms with Crippen LogP contribution >= 0.6 is 43.5 Å². The molecule has 0 radical (unpaired) electrons. The molecule has 2 rings (SSSR count). The zero-order chi connectivity index (χ0) is 17.5. The van der Waals surface area contributed by atoms with Crippen LogP contribution in [0, 0.1) is 6.92 Å². The lowest BCUT2D eigenvalue weighted by molar-refractivity contribution is 0.610. The average Bonchev–Trinajstić information content (AvgIpc) is 2.58. The van der Waals surface area contributed by atoms with Crippen molar-refractivity contribution in [3.63, 3.8) is 0 Å². The molecule has 1 aromatic carbocycles. The lowest BCUT2D eigenvalue weighted by Crippen LogP contribution is -1.94.